The number of nitrogens with zero attached hydrogens (tertiary/aromatic N) is 5. The molecule has 0 spiro atoms. The van der Waals surface area contributed by atoms with Gasteiger partial charge in [0.2, 0.25) is 0 Å². The minimum absolute atomic E-state index is 0.242. The maximum atomic E-state index is 13.5. The van der Waals surface area contributed by atoms with Gasteiger partial charge < -0.3 is 14.0 Å². The van der Waals surface area contributed by atoms with Crippen molar-refractivity contribution in [3.63, 3.8) is 0 Å². The van der Waals surface area contributed by atoms with Crippen LogP contribution in [0.2, 0.25) is 0 Å². The van der Waals surface area contributed by atoms with E-state index in [0.29, 0.717) is 25.5 Å². The Bertz CT molecular complexity index is 1200. The zero-order valence-corrected chi connectivity index (χ0v) is 18.7. The molecule has 0 aliphatic carbocycles. The third-order valence-electron chi connectivity index (χ3n) is 5.72. The lowest BCUT2D eigenvalue weighted by atomic mass is 10.1. The van der Waals surface area contributed by atoms with Crippen LogP contribution in [0.3, 0.4) is 0 Å². The van der Waals surface area contributed by atoms with E-state index >= 15 is 0 Å². The van der Waals surface area contributed by atoms with Gasteiger partial charge in [-0.25, -0.2) is 9.37 Å². The smallest absolute Gasteiger partial charge is 0.185 e. The number of rotatable bonds is 4. The summed E-state index contributed by atoms with van der Waals surface area (Å²) >= 11 is 0. The van der Waals surface area contributed by atoms with Crippen LogP contribution in [0.5, 0.6) is 5.75 Å². The lowest BCUT2D eigenvalue weighted by molar-refractivity contribution is 0.166. The maximum absolute atomic E-state index is 13.5. The van der Waals surface area contributed by atoms with Crippen molar-refractivity contribution in [2.45, 2.75) is 13.3 Å². The standard InChI is InChI=1S/C25H26FN5O2/c1-18-16-29(17-28-18)22-9-4-19(14-23(22)32-2)15-24-25-27-10-3-11-30(31(25)12-13-33-24)21-7-5-20(26)6-8-21/h4-9,14-17H,3,10-13H2,1-2H3/b24-15-. The average molecular weight is 448 g/mol. The van der Waals surface area contributed by atoms with Gasteiger partial charge in [0.25, 0.3) is 0 Å². The van der Waals surface area contributed by atoms with Crippen molar-refractivity contribution >= 4 is 17.6 Å². The second-order valence-corrected chi connectivity index (χ2v) is 7.99. The molecule has 2 aromatic carbocycles. The predicted octanol–water partition coefficient (Wildman–Crippen LogP) is 4.23. The number of aryl methyl sites for hydroxylation is 1. The summed E-state index contributed by atoms with van der Waals surface area (Å²) in [5.74, 6) is 2.00. The zero-order chi connectivity index (χ0) is 22.8. The van der Waals surface area contributed by atoms with Crippen molar-refractivity contribution in [2.24, 2.45) is 4.99 Å². The molecule has 0 radical (unpaired) electrons. The Morgan fingerprint density at radius 3 is 2.70 bits per heavy atom. The van der Waals surface area contributed by atoms with E-state index in [0.717, 1.165) is 47.2 Å². The summed E-state index contributed by atoms with van der Waals surface area (Å²) in [6.45, 7) is 4.67. The first-order chi connectivity index (χ1) is 16.1. The van der Waals surface area contributed by atoms with Crippen LogP contribution in [-0.4, -0.2) is 53.7 Å². The Morgan fingerprint density at radius 2 is 1.94 bits per heavy atom. The molecule has 0 N–H and O–H groups in total. The molecule has 0 unspecified atom stereocenters. The molecule has 0 amide bonds. The highest BCUT2D eigenvalue weighted by molar-refractivity contribution is 6.01. The van der Waals surface area contributed by atoms with E-state index in [4.69, 9.17) is 14.5 Å². The fraction of sp³-hybridized carbons (Fsp3) is 0.280. The molecule has 3 heterocycles. The molecule has 0 atom stereocenters. The number of hydrogen-bond donors (Lipinski definition) is 0. The Balaban J connectivity index is 1.47. The van der Waals surface area contributed by atoms with Gasteiger partial charge in [0, 0.05) is 19.3 Å². The number of morpholine rings is 1. The molecule has 1 saturated heterocycles. The summed E-state index contributed by atoms with van der Waals surface area (Å²) in [7, 11) is 1.66. The molecule has 1 aromatic heterocycles. The van der Waals surface area contributed by atoms with Gasteiger partial charge in [-0.2, -0.15) is 0 Å². The van der Waals surface area contributed by atoms with Crippen molar-refractivity contribution in [1.29, 1.82) is 0 Å². The third-order valence-corrected chi connectivity index (χ3v) is 5.72. The molecule has 170 valence electrons. The van der Waals surface area contributed by atoms with E-state index in [2.05, 4.69) is 15.0 Å². The molecule has 5 rings (SSSR count). The summed E-state index contributed by atoms with van der Waals surface area (Å²) in [5.41, 5.74) is 3.75. The quantitative estimate of drug-likeness (QED) is 0.599. The summed E-state index contributed by atoms with van der Waals surface area (Å²) in [4.78, 5) is 9.12. The van der Waals surface area contributed by atoms with Gasteiger partial charge in [-0.05, 0) is 61.4 Å². The topological polar surface area (TPSA) is 55.1 Å². The highest BCUT2D eigenvalue weighted by Gasteiger charge is 2.29. The first-order valence-electron chi connectivity index (χ1n) is 11.0. The summed E-state index contributed by atoms with van der Waals surface area (Å²) in [5, 5.41) is 4.29. The van der Waals surface area contributed by atoms with Crippen LogP contribution in [0.15, 0.2) is 65.7 Å². The van der Waals surface area contributed by atoms with Gasteiger partial charge in [0.15, 0.2) is 11.6 Å². The molecule has 3 aromatic rings. The number of anilines is 1. The number of aromatic nitrogens is 2. The average Bonchev–Trinajstić information content (AvgIpc) is 3.14. The number of hydrogen-bond acceptors (Lipinski definition) is 6. The van der Waals surface area contributed by atoms with E-state index in [-0.39, 0.29) is 5.82 Å². The summed E-state index contributed by atoms with van der Waals surface area (Å²) in [6, 6.07) is 12.6. The molecular weight excluding hydrogens is 421 g/mol. The molecule has 0 bridgehead atoms. The third kappa shape index (κ3) is 4.28. The molecule has 2 aliphatic rings. The van der Waals surface area contributed by atoms with Crippen LogP contribution in [0.25, 0.3) is 11.8 Å². The number of ether oxygens (including phenoxy) is 2. The van der Waals surface area contributed by atoms with Gasteiger partial charge in [0.1, 0.15) is 18.2 Å². The van der Waals surface area contributed by atoms with Crippen LogP contribution < -0.4 is 9.75 Å². The van der Waals surface area contributed by atoms with Gasteiger partial charge in [-0.3, -0.25) is 15.0 Å². The highest BCUT2D eigenvalue weighted by atomic mass is 19.1. The number of imidazole rings is 1. The van der Waals surface area contributed by atoms with Crippen LogP contribution in [-0.2, 0) is 4.74 Å². The van der Waals surface area contributed by atoms with Crippen LogP contribution in [0, 0.1) is 12.7 Å². The molecule has 8 heteroatoms. The second kappa shape index (κ2) is 8.97. The predicted molar refractivity (Wildman–Crippen MR) is 126 cm³/mol. The monoisotopic (exact) mass is 447 g/mol. The minimum Gasteiger partial charge on any atom is -0.495 e. The molecule has 2 aliphatic heterocycles. The Morgan fingerprint density at radius 1 is 1.09 bits per heavy atom. The van der Waals surface area contributed by atoms with Crippen molar-refractivity contribution < 1.29 is 13.9 Å². The SMILES string of the molecule is COc1cc(/C=C2\OCCN3C2=NCCCN3c2ccc(F)cc2)ccc1-n1cnc(C)c1. The molecule has 7 nitrogen and oxygen atoms in total. The van der Waals surface area contributed by atoms with E-state index in [9.17, 15) is 4.39 Å². The van der Waals surface area contributed by atoms with Crippen LogP contribution >= 0.6 is 0 Å². The second-order valence-electron chi connectivity index (χ2n) is 7.99. The van der Waals surface area contributed by atoms with Crippen LogP contribution in [0.1, 0.15) is 17.7 Å². The molecule has 1 fully saturated rings. The number of fused-ring (bicyclic) bond motifs is 1. The number of halogens is 1. The number of hydrazine groups is 1. The van der Waals surface area contributed by atoms with Crippen molar-refractivity contribution in [3.05, 3.63) is 77.8 Å². The van der Waals surface area contributed by atoms with E-state index in [1.807, 2.05) is 42.0 Å². The molecular formula is C25H26FN5O2. The van der Waals surface area contributed by atoms with Crippen molar-refractivity contribution in [1.82, 2.24) is 14.6 Å². The minimum atomic E-state index is -0.242. The Hall–Kier alpha value is -3.81. The van der Waals surface area contributed by atoms with Crippen molar-refractivity contribution in [3.8, 4) is 11.4 Å². The Kier molecular flexibility index (Phi) is 5.73. The molecule has 0 saturated carbocycles. The van der Waals surface area contributed by atoms with Gasteiger partial charge in [-0.1, -0.05) is 6.07 Å². The van der Waals surface area contributed by atoms with Gasteiger partial charge in [-0.15, -0.1) is 0 Å². The maximum Gasteiger partial charge on any atom is 0.185 e. The largest absolute Gasteiger partial charge is 0.495 e. The number of benzene rings is 2. The van der Waals surface area contributed by atoms with E-state index < -0.39 is 0 Å². The first kappa shape index (κ1) is 21.1. The lowest BCUT2D eigenvalue weighted by Gasteiger charge is -2.40. The highest BCUT2D eigenvalue weighted by Crippen LogP contribution is 2.28. The number of amidine groups is 1. The van der Waals surface area contributed by atoms with Gasteiger partial charge in [0.05, 0.1) is 37.1 Å². The lowest BCUT2D eigenvalue weighted by Crippen LogP contribution is -2.51. The van der Waals surface area contributed by atoms with Crippen molar-refractivity contribution in [2.75, 3.05) is 38.4 Å². The normalized spacial score (nSPS) is 17.3. The number of aliphatic imine (C=N–C) groups is 1. The van der Waals surface area contributed by atoms with E-state index in [1.54, 1.807) is 25.6 Å². The summed E-state index contributed by atoms with van der Waals surface area (Å²) in [6.07, 6.45) is 6.63. The van der Waals surface area contributed by atoms with Gasteiger partial charge >= 0.3 is 0 Å². The first-order valence-corrected chi connectivity index (χ1v) is 11.0. The zero-order valence-electron chi connectivity index (χ0n) is 18.7. The summed E-state index contributed by atoms with van der Waals surface area (Å²) < 4.78 is 27.1. The fourth-order valence-corrected chi connectivity index (χ4v) is 4.15. The fourth-order valence-electron chi connectivity index (χ4n) is 4.15. The molecule has 33 heavy (non-hydrogen) atoms. The Labute approximate surface area is 192 Å². The number of methoxy groups -OCH3 is 1. The van der Waals surface area contributed by atoms with Crippen LogP contribution in [0.4, 0.5) is 10.1 Å². The van der Waals surface area contributed by atoms with E-state index in [1.165, 1.54) is 12.1 Å².